The summed E-state index contributed by atoms with van der Waals surface area (Å²) in [5, 5.41) is 0. The molecule has 0 heterocycles. The van der Waals surface area contributed by atoms with E-state index < -0.39 is 0 Å². The average molecular weight is 275 g/mol. The van der Waals surface area contributed by atoms with E-state index in [1.807, 2.05) is 0 Å². The van der Waals surface area contributed by atoms with Crippen LogP contribution >= 0.6 is 0 Å². The molecule has 1 rings (SSSR count). The zero-order valence-electron chi connectivity index (χ0n) is 11.5. The van der Waals surface area contributed by atoms with Crippen molar-refractivity contribution in [2.24, 2.45) is 0 Å². The largest absolute Gasteiger partial charge is 0.494 e. The average Bonchev–Trinajstić information content (AvgIpc) is 2.50. The Balaban J connectivity index is 2.00. The molecular formula is C16H19O4. The number of rotatable bonds is 10. The van der Waals surface area contributed by atoms with Gasteiger partial charge in [-0.1, -0.05) is 6.58 Å². The second-order valence-electron chi connectivity index (χ2n) is 4.23. The van der Waals surface area contributed by atoms with E-state index in [0.717, 1.165) is 37.7 Å². The highest BCUT2D eigenvalue weighted by Crippen LogP contribution is 2.11. The smallest absolute Gasteiger partial charge is 0.330 e. The van der Waals surface area contributed by atoms with Crippen molar-refractivity contribution >= 4 is 12.3 Å². The maximum Gasteiger partial charge on any atom is 0.330 e. The molecule has 0 fully saturated rings. The summed E-state index contributed by atoms with van der Waals surface area (Å²) in [6.45, 7) is 4.39. The lowest BCUT2D eigenvalue weighted by atomic mass is 10.2. The molecule has 0 saturated carbocycles. The van der Waals surface area contributed by atoms with Crippen LogP contribution in [0.4, 0.5) is 0 Å². The van der Waals surface area contributed by atoms with Crippen LogP contribution in [-0.4, -0.2) is 25.5 Å². The highest BCUT2D eigenvalue weighted by molar-refractivity contribution is 5.81. The number of hydrogen-bond donors (Lipinski definition) is 0. The van der Waals surface area contributed by atoms with E-state index >= 15 is 0 Å². The third-order valence-corrected chi connectivity index (χ3v) is 2.65. The summed E-state index contributed by atoms with van der Waals surface area (Å²) >= 11 is 0. The summed E-state index contributed by atoms with van der Waals surface area (Å²) in [6, 6.07) is 7.92. The first-order valence-corrected chi connectivity index (χ1v) is 6.65. The summed E-state index contributed by atoms with van der Waals surface area (Å²) in [6.07, 6.45) is 5.71. The molecule has 1 aromatic carbocycles. The summed E-state index contributed by atoms with van der Waals surface area (Å²) in [7, 11) is 0. The zero-order valence-corrected chi connectivity index (χ0v) is 11.5. The van der Waals surface area contributed by atoms with E-state index in [-0.39, 0.29) is 5.97 Å². The predicted molar refractivity (Wildman–Crippen MR) is 75.8 cm³/mol. The highest BCUT2D eigenvalue weighted by atomic mass is 16.5. The van der Waals surface area contributed by atoms with E-state index in [2.05, 4.69) is 12.6 Å². The van der Waals surface area contributed by atoms with Crippen LogP contribution in [0.25, 0.3) is 0 Å². The molecular weight excluding hydrogens is 256 g/mol. The van der Waals surface area contributed by atoms with E-state index in [1.54, 1.807) is 18.2 Å². The molecule has 0 saturated heterocycles. The van der Waals surface area contributed by atoms with Crippen LogP contribution in [0.2, 0.25) is 0 Å². The Kier molecular flexibility index (Phi) is 7.80. The number of hydrogen-bond acceptors (Lipinski definition) is 4. The predicted octanol–water partition coefficient (Wildman–Crippen LogP) is 2.97. The first kappa shape index (κ1) is 16.0. The van der Waals surface area contributed by atoms with Gasteiger partial charge in [-0.3, -0.25) is 4.79 Å². The molecule has 0 aliphatic heterocycles. The lowest BCUT2D eigenvalue weighted by Gasteiger charge is -2.06. The molecule has 1 radical (unpaired) electrons. The summed E-state index contributed by atoms with van der Waals surface area (Å²) in [5.74, 6) is 0.346. The lowest BCUT2D eigenvalue weighted by molar-refractivity contribution is -0.137. The van der Waals surface area contributed by atoms with Crippen molar-refractivity contribution < 1.29 is 19.1 Å². The third kappa shape index (κ3) is 6.73. The number of ether oxygens (including phenoxy) is 2. The highest BCUT2D eigenvalue weighted by Gasteiger charge is 1.97. The lowest BCUT2D eigenvalue weighted by Crippen LogP contribution is -2.02. The third-order valence-electron chi connectivity index (χ3n) is 2.65. The van der Waals surface area contributed by atoms with Crippen LogP contribution in [0.5, 0.6) is 5.75 Å². The molecule has 0 aromatic heterocycles. The van der Waals surface area contributed by atoms with Crippen molar-refractivity contribution in [3.05, 3.63) is 42.5 Å². The van der Waals surface area contributed by atoms with Crippen LogP contribution in [0.3, 0.4) is 0 Å². The summed E-state index contributed by atoms with van der Waals surface area (Å²) in [5.41, 5.74) is 0.520. The fourth-order valence-corrected chi connectivity index (χ4v) is 1.57. The molecule has 0 unspecified atom stereocenters. The van der Waals surface area contributed by atoms with Crippen molar-refractivity contribution in [3.8, 4) is 5.75 Å². The molecule has 0 aliphatic rings. The van der Waals surface area contributed by atoms with Crippen molar-refractivity contribution in [2.45, 2.75) is 25.7 Å². The number of carbonyl (C=O) groups is 2. The van der Waals surface area contributed by atoms with E-state index in [9.17, 15) is 9.59 Å². The maximum absolute atomic E-state index is 10.8. The van der Waals surface area contributed by atoms with Gasteiger partial charge in [0.1, 0.15) is 5.75 Å². The molecule has 0 bridgehead atoms. The fraction of sp³-hybridized carbons (Fsp3) is 0.375. The normalized spacial score (nSPS) is 9.80. The number of benzene rings is 1. The Bertz CT molecular complexity index is 423. The topological polar surface area (TPSA) is 52.6 Å². The van der Waals surface area contributed by atoms with Crippen LogP contribution in [0, 0.1) is 6.07 Å². The minimum absolute atomic E-state index is 0.372. The van der Waals surface area contributed by atoms with Crippen LogP contribution in [-0.2, 0) is 9.53 Å². The fourth-order valence-electron chi connectivity index (χ4n) is 1.57. The Morgan fingerprint density at radius 3 is 2.55 bits per heavy atom. The molecule has 0 aliphatic carbocycles. The Morgan fingerprint density at radius 2 is 1.95 bits per heavy atom. The summed E-state index contributed by atoms with van der Waals surface area (Å²) in [4.78, 5) is 21.2. The van der Waals surface area contributed by atoms with Gasteiger partial charge >= 0.3 is 5.97 Å². The van der Waals surface area contributed by atoms with Gasteiger partial charge in [0, 0.05) is 11.6 Å². The molecule has 107 valence electrons. The van der Waals surface area contributed by atoms with Crippen LogP contribution in [0.15, 0.2) is 30.9 Å². The Morgan fingerprint density at radius 1 is 1.20 bits per heavy atom. The van der Waals surface area contributed by atoms with Crippen LogP contribution < -0.4 is 4.74 Å². The first-order valence-electron chi connectivity index (χ1n) is 6.65. The monoisotopic (exact) mass is 275 g/mol. The van der Waals surface area contributed by atoms with Gasteiger partial charge in [-0.05, 0) is 49.9 Å². The molecule has 0 atom stereocenters. The van der Waals surface area contributed by atoms with Gasteiger partial charge in [-0.2, -0.15) is 0 Å². The van der Waals surface area contributed by atoms with Gasteiger partial charge in [-0.15, -0.1) is 0 Å². The quantitative estimate of drug-likeness (QED) is 0.285. The molecule has 4 heteroatoms. The number of carbonyl (C=O) groups excluding carboxylic acids is 2. The minimum Gasteiger partial charge on any atom is -0.494 e. The number of unbranched alkanes of at least 4 members (excludes halogenated alkanes) is 3. The van der Waals surface area contributed by atoms with Gasteiger partial charge < -0.3 is 9.47 Å². The van der Waals surface area contributed by atoms with Gasteiger partial charge in [0.2, 0.25) is 0 Å². The molecule has 1 aromatic rings. The maximum atomic E-state index is 10.8. The second-order valence-corrected chi connectivity index (χ2v) is 4.23. The van der Waals surface area contributed by atoms with Crippen molar-refractivity contribution in [2.75, 3.05) is 13.2 Å². The van der Waals surface area contributed by atoms with Crippen molar-refractivity contribution in [1.29, 1.82) is 0 Å². The van der Waals surface area contributed by atoms with Gasteiger partial charge in [0.15, 0.2) is 6.29 Å². The van der Waals surface area contributed by atoms with E-state index in [1.165, 1.54) is 6.08 Å². The molecule has 0 N–H and O–H groups in total. The van der Waals surface area contributed by atoms with Gasteiger partial charge in [0.05, 0.1) is 13.2 Å². The Labute approximate surface area is 119 Å². The van der Waals surface area contributed by atoms with E-state index in [0.29, 0.717) is 18.8 Å². The van der Waals surface area contributed by atoms with Crippen molar-refractivity contribution in [1.82, 2.24) is 0 Å². The van der Waals surface area contributed by atoms with Crippen LogP contribution in [0.1, 0.15) is 36.0 Å². The first-order chi connectivity index (χ1) is 9.76. The molecule has 0 amide bonds. The Hall–Kier alpha value is -2.10. The molecule has 4 nitrogen and oxygen atoms in total. The molecule has 20 heavy (non-hydrogen) atoms. The minimum atomic E-state index is -0.372. The van der Waals surface area contributed by atoms with Crippen molar-refractivity contribution in [3.63, 3.8) is 0 Å². The SMILES string of the molecule is C=CC(=O)OCCCCCCOc1c[c]c(C=O)cc1. The van der Waals surface area contributed by atoms with Gasteiger partial charge in [-0.25, -0.2) is 4.79 Å². The van der Waals surface area contributed by atoms with Gasteiger partial charge in [0.25, 0.3) is 0 Å². The number of aldehydes is 1. The zero-order chi connectivity index (χ0) is 14.6. The number of esters is 1. The second kappa shape index (κ2) is 9.78. The molecule has 0 spiro atoms. The van der Waals surface area contributed by atoms with E-state index in [4.69, 9.17) is 9.47 Å². The standard InChI is InChI=1S/C16H19O4/c1-2-16(18)20-12-6-4-3-5-11-19-15-9-7-14(13-17)8-10-15/h2,7,9-10,13H,1,3-6,11-12H2. The summed E-state index contributed by atoms with van der Waals surface area (Å²) < 4.78 is 10.4.